The van der Waals surface area contributed by atoms with E-state index in [9.17, 15) is 19.0 Å². The maximum absolute atomic E-state index is 13.2. The summed E-state index contributed by atoms with van der Waals surface area (Å²) in [5.74, 6) is -1.21. The first-order chi connectivity index (χ1) is 12.4. The molecule has 27 heavy (non-hydrogen) atoms. The number of benzene rings is 2. The first kappa shape index (κ1) is 22.1. The van der Waals surface area contributed by atoms with Crippen molar-refractivity contribution >= 4 is 67.0 Å². The van der Waals surface area contributed by atoms with E-state index in [0.29, 0.717) is 7.14 Å². The molecule has 132 valence electrons. The second kappa shape index (κ2) is 9.33. The molecule has 0 unspecified atom stereocenters. The zero-order valence-corrected chi connectivity index (χ0v) is 20.8. The van der Waals surface area contributed by atoms with Crippen molar-refractivity contribution in [3.63, 3.8) is 0 Å². The van der Waals surface area contributed by atoms with Crippen LogP contribution < -0.4 is 10.2 Å². The zero-order chi connectivity index (χ0) is 18.8. The molecule has 0 bridgehead atoms. The number of halogens is 4. The van der Waals surface area contributed by atoms with E-state index in [0.717, 1.165) is 0 Å². The number of hydrogen-bond acceptors (Lipinski definition) is 4. The van der Waals surface area contributed by atoms with Gasteiger partial charge in [-0.2, -0.15) is 0 Å². The quantitative estimate of drug-likeness (QED) is 0.215. The third-order valence-corrected chi connectivity index (χ3v) is 5.10. The van der Waals surface area contributed by atoms with E-state index in [4.69, 9.17) is 0 Å². The minimum Gasteiger partial charge on any atom is -0.870 e. The molecular weight excluding hydrogens is 631 g/mol. The molecule has 0 amide bonds. The molecule has 0 atom stereocenters. The van der Waals surface area contributed by atoms with Gasteiger partial charge in [0.15, 0.2) is 0 Å². The molecule has 2 aromatic carbocycles. The molecule has 2 aromatic heterocycles. The first-order valence-electron chi connectivity index (χ1n) is 7.19. The van der Waals surface area contributed by atoms with Crippen molar-refractivity contribution in [3.8, 4) is 11.5 Å². The molecule has 0 spiro atoms. The van der Waals surface area contributed by atoms with Gasteiger partial charge < -0.3 is 10.2 Å². The van der Waals surface area contributed by atoms with Gasteiger partial charge in [0.1, 0.15) is 11.6 Å². The van der Waals surface area contributed by atoms with Gasteiger partial charge in [-0.1, -0.05) is 11.5 Å². The maximum Gasteiger partial charge on any atom is 2.00 e. The number of nitrogens with zero attached hydrogens (tertiary/aromatic N) is 2. The van der Waals surface area contributed by atoms with Gasteiger partial charge in [0.2, 0.25) is 0 Å². The number of fused-ring (bicyclic) bond motifs is 2. The van der Waals surface area contributed by atoms with Crippen molar-refractivity contribution in [3.05, 3.63) is 67.6 Å². The Hall–Kier alpha value is -1.20. The van der Waals surface area contributed by atoms with Crippen molar-refractivity contribution in [2.75, 3.05) is 0 Å². The van der Waals surface area contributed by atoms with Crippen LogP contribution in [0.15, 0.2) is 48.8 Å². The third kappa shape index (κ3) is 4.63. The molecule has 9 heteroatoms. The fraction of sp³-hybridized carbons (Fsp3) is 0. The van der Waals surface area contributed by atoms with E-state index in [1.165, 1.54) is 24.5 Å². The summed E-state index contributed by atoms with van der Waals surface area (Å²) in [6, 6.07) is 8.78. The minimum absolute atomic E-state index is 0. The summed E-state index contributed by atoms with van der Waals surface area (Å²) in [5.41, 5.74) is 0.402. The van der Waals surface area contributed by atoms with Gasteiger partial charge >= 0.3 is 19.5 Å². The Labute approximate surface area is 193 Å². The van der Waals surface area contributed by atoms with Crippen molar-refractivity contribution in [2.45, 2.75) is 0 Å². The van der Waals surface area contributed by atoms with Gasteiger partial charge in [-0.25, -0.2) is 8.78 Å². The molecule has 2 heterocycles. The van der Waals surface area contributed by atoms with Gasteiger partial charge in [-0.05, 0) is 81.6 Å². The molecule has 0 N–H and O–H groups in total. The molecule has 0 saturated heterocycles. The number of aromatic nitrogens is 2. The monoisotopic (exact) mass is 638 g/mol. The van der Waals surface area contributed by atoms with E-state index >= 15 is 0 Å². The molecule has 0 fully saturated rings. The van der Waals surface area contributed by atoms with Gasteiger partial charge in [-0.15, -0.1) is 0 Å². The maximum atomic E-state index is 13.2. The van der Waals surface area contributed by atoms with E-state index in [-0.39, 0.29) is 52.8 Å². The van der Waals surface area contributed by atoms with Gasteiger partial charge in [-0.3, -0.25) is 9.97 Å². The van der Waals surface area contributed by atoms with Crippen LogP contribution in [-0.4, -0.2) is 9.97 Å². The van der Waals surface area contributed by atoms with Crippen LogP contribution in [0.3, 0.4) is 0 Å². The molecule has 0 aliphatic rings. The molecule has 4 rings (SSSR count). The van der Waals surface area contributed by atoms with Crippen LogP contribution in [0.1, 0.15) is 0 Å². The Morgan fingerprint density at radius 1 is 0.741 bits per heavy atom. The van der Waals surface area contributed by atoms with Gasteiger partial charge in [0.05, 0.1) is 11.0 Å². The summed E-state index contributed by atoms with van der Waals surface area (Å²) in [6.45, 7) is 0. The fourth-order valence-electron chi connectivity index (χ4n) is 2.29. The van der Waals surface area contributed by atoms with Crippen LogP contribution in [0.2, 0.25) is 0 Å². The van der Waals surface area contributed by atoms with Gasteiger partial charge in [0, 0.05) is 30.3 Å². The van der Waals surface area contributed by atoms with E-state index in [2.05, 4.69) is 9.97 Å². The Kier molecular flexibility index (Phi) is 7.64. The third-order valence-electron chi connectivity index (χ3n) is 3.50. The second-order valence-electron chi connectivity index (χ2n) is 5.14. The van der Waals surface area contributed by atoms with Gasteiger partial charge in [0.25, 0.3) is 0 Å². The normalized spacial score (nSPS) is 10.2. The summed E-state index contributed by atoms with van der Waals surface area (Å²) in [5, 5.41) is 23.5. The molecule has 4 nitrogen and oxygen atoms in total. The Morgan fingerprint density at radius 2 is 1.11 bits per heavy atom. The minimum atomic E-state index is -0.396. The number of rotatable bonds is 0. The number of pyridine rings is 2. The average Bonchev–Trinajstić information content (AvgIpc) is 2.65. The standard InChI is InChI=1S/2C9H5FINO.Zn/c2*10-6-4-7(11)9(13)8-5(6)2-1-3-12-8;/h2*1-4,13H;/q;;+2/p-2/i2*10-1;. The topological polar surface area (TPSA) is 71.9 Å². The van der Waals surface area contributed by atoms with Crippen molar-refractivity contribution in [2.24, 2.45) is 0 Å². The fourth-order valence-corrected chi connectivity index (χ4v) is 3.35. The summed E-state index contributed by atoms with van der Waals surface area (Å²) in [6.07, 6.45) is 2.97. The van der Waals surface area contributed by atoms with Crippen LogP contribution in [0.4, 0.5) is 8.78 Å². The molecule has 0 radical (unpaired) electrons. The summed E-state index contributed by atoms with van der Waals surface area (Å²) in [4.78, 5) is 7.69. The van der Waals surface area contributed by atoms with Crippen LogP contribution in [0.5, 0.6) is 11.5 Å². The Balaban J connectivity index is 0.000000187. The second-order valence-corrected chi connectivity index (χ2v) is 7.46. The first-order valence-corrected chi connectivity index (χ1v) is 9.35. The Morgan fingerprint density at radius 3 is 1.48 bits per heavy atom. The van der Waals surface area contributed by atoms with Crippen molar-refractivity contribution < 1.29 is 38.5 Å². The Bertz CT molecular complexity index is 1040. The van der Waals surface area contributed by atoms with Crippen LogP contribution in [-0.2, 0) is 19.5 Å². The summed E-state index contributed by atoms with van der Waals surface area (Å²) < 4.78 is 27.2. The van der Waals surface area contributed by atoms with E-state index in [1.807, 2.05) is 0 Å². The van der Waals surface area contributed by atoms with Crippen LogP contribution >= 0.6 is 45.2 Å². The molecule has 0 aliphatic heterocycles. The average molecular weight is 639 g/mol. The largest absolute Gasteiger partial charge is 2.00 e. The van der Waals surface area contributed by atoms with Crippen LogP contribution in [0.25, 0.3) is 21.8 Å². The molecular formula is C18H8F2I2N2O2Zn. The summed E-state index contributed by atoms with van der Waals surface area (Å²) >= 11 is 3.61. The van der Waals surface area contributed by atoms with E-state index < -0.39 is 11.6 Å². The predicted molar refractivity (Wildman–Crippen MR) is 108 cm³/mol. The molecule has 0 saturated carbocycles. The van der Waals surface area contributed by atoms with Crippen molar-refractivity contribution in [1.82, 2.24) is 9.97 Å². The van der Waals surface area contributed by atoms with Crippen LogP contribution in [0, 0.1) is 18.8 Å². The molecule has 4 aromatic rings. The SMILES string of the molecule is [O-]c1c(I)cc([18F])c2cccnc12.[O-]c1c(I)cc([18F])c2cccnc12.[Zn+2]. The smallest absolute Gasteiger partial charge is 0.870 e. The molecule has 0 aliphatic carbocycles. The summed E-state index contributed by atoms with van der Waals surface area (Å²) in [7, 11) is 0. The van der Waals surface area contributed by atoms with Crippen molar-refractivity contribution in [1.29, 1.82) is 0 Å². The predicted octanol–water partition coefficient (Wildman–Crippen LogP) is 4.10. The number of hydrogen-bond donors (Lipinski definition) is 0. The van der Waals surface area contributed by atoms with E-state index in [1.54, 1.807) is 69.4 Å². The zero-order valence-electron chi connectivity index (χ0n) is 13.5.